The summed E-state index contributed by atoms with van der Waals surface area (Å²) >= 11 is 6.19. The summed E-state index contributed by atoms with van der Waals surface area (Å²) in [5, 5.41) is 3.77. The first kappa shape index (κ1) is 12.6. The van der Waals surface area contributed by atoms with E-state index in [4.69, 9.17) is 17.3 Å². The Hall–Kier alpha value is -1.39. The summed E-state index contributed by atoms with van der Waals surface area (Å²) in [6.07, 6.45) is 4.52. The number of aromatic nitrogens is 2. The molecular formula is C14H17ClN4. The smallest absolute Gasteiger partial charge is 0.172 e. The summed E-state index contributed by atoms with van der Waals surface area (Å²) in [7, 11) is 0. The molecule has 1 aromatic heterocycles. The van der Waals surface area contributed by atoms with Crippen molar-refractivity contribution in [3.05, 3.63) is 29.4 Å². The van der Waals surface area contributed by atoms with Gasteiger partial charge in [0.25, 0.3) is 0 Å². The first-order valence-corrected chi connectivity index (χ1v) is 7.06. The van der Waals surface area contributed by atoms with Crippen LogP contribution in [0.5, 0.6) is 0 Å². The van der Waals surface area contributed by atoms with Crippen molar-refractivity contribution in [2.45, 2.75) is 37.8 Å². The molecule has 0 unspecified atom stereocenters. The third-order valence-electron chi connectivity index (χ3n) is 3.67. The fourth-order valence-corrected chi connectivity index (χ4v) is 2.77. The highest BCUT2D eigenvalue weighted by Gasteiger charge is 2.23. The molecule has 1 aromatic carbocycles. The van der Waals surface area contributed by atoms with Gasteiger partial charge in [0.1, 0.15) is 0 Å². The lowest BCUT2D eigenvalue weighted by Crippen LogP contribution is -2.42. The Morgan fingerprint density at radius 2 is 1.79 bits per heavy atom. The van der Waals surface area contributed by atoms with E-state index in [2.05, 4.69) is 15.3 Å². The highest BCUT2D eigenvalue weighted by atomic mass is 35.5. The van der Waals surface area contributed by atoms with Gasteiger partial charge in [-0.15, -0.1) is 0 Å². The maximum atomic E-state index is 6.19. The molecular weight excluding hydrogens is 260 g/mol. The largest absolute Gasteiger partial charge is 0.363 e. The molecule has 0 amide bonds. The lowest BCUT2D eigenvalue weighted by Gasteiger charge is -2.29. The van der Waals surface area contributed by atoms with Crippen molar-refractivity contribution in [3.63, 3.8) is 0 Å². The zero-order valence-electron chi connectivity index (χ0n) is 10.6. The molecule has 2 aromatic rings. The second kappa shape index (κ2) is 5.31. The van der Waals surface area contributed by atoms with Gasteiger partial charge in [-0.1, -0.05) is 36.6 Å². The van der Waals surface area contributed by atoms with Gasteiger partial charge in [0.05, 0.1) is 11.0 Å². The first-order chi connectivity index (χ1) is 9.24. The van der Waals surface area contributed by atoms with Gasteiger partial charge in [0.2, 0.25) is 0 Å². The lowest BCUT2D eigenvalue weighted by molar-refractivity contribution is 0.403. The monoisotopic (exact) mass is 276 g/mol. The number of nitrogens with one attached hydrogen (secondary N) is 1. The van der Waals surface area contributed by atoms with Gasteiger partial charge >= 0.3 is 0 Å². The molecule has 1 heterocycles. The van der Waals surface area contributed by atoms with E-state index in [1.807, 2.05) is 24.3 Å². The van der Waals surface area contributed by atoms with E-state index in [1.54, 1.807) is 0 Å². The molecule has 0 saturated heterocycles. The van der Waals surface area contributed by atoms with E-state index in [0.29, 0.717) is 11.0 Å². The molecule has 1 aliphatic carbocycles. The molecule has 4 nitrogen and oxygen atoms in total. The van der Waals surface area contributed by atoms with Gasteiger partial charge in [-0.25, -0.2) is 9.97 Å². The molecule has 2 atom stereocenters. The van der Waals surface area contributed by atoms with Gasteiger partial charge in [-0.2, -0.15) is 0 Å². The fraction of sp³-hybridized carbons (Fsp3) is 0.429. The lowest BCUT2D eigenvalue weighted by atomic mass is 9.91. The summed E-state index contributed by atoms with van der Waals surface area (Å²) in [6, 6.07) is 8.12. The Balaban J connectivity index is 1.89. The van der Waals surface area contributed by atoms with E-state index in [9.17, 15) is 0 Å². The van der Waals surface area contributed by atoms with E-state index in [0.717, 1.165) is 23.9 Å². The number of hydrogen-bond donors (Lipinski definition) is 2. The van der Waals surface area contributed by atoms with Crippen LogP contribution in [0.1, 0.15) is 25.7 Å². The molecule has 0 aliphatic heterocycles. The molecule has 0 radical (unpaired) electrons. The maximum absolute atomic E-state index is 6.19. The molecule has 19 heavy (non-hydrogen) atoms. The number of nitrogens with zero attached hydrogens (tertiary/aromatic N) is 2. The van der Waals surface area contributed by atoms with Gasteiger partial charge in [0.15, 0.2) is 11.0 Å². The van der Waals surface area contributed by atoms with Crippen LogP contribution in [-0.2, 0) is 0 Å². The number of para-hydroxylation sites is 2. The minimum absolute atomic E-state index is 0.165. The van der Waals surface area contributed by atoms with Crippen molar-refractivity contribution < 1.29 is 0 Å². The Bertz CT molecular complexity index is 587. The van der Waals surface area contributed by atoms with Crippen molar-refractivity contribution in [1.82, 2.24) is 9.97 Å². The van der Waals surface area contributed by atoms with Crippen molar-refractivity contribution in [3.8, 4) is 0 Å². The molecule has 3 rings (SSSR count). The summed E-state index contributed by atoms with van der Waals surface area (Å²) in [4.78, 5) is 8.91. The van der Waals surface area contributed by atoms with Crippen molar-refractivity contribution >= 4 is 28.5 Å². The number of halogens is 1. The van der Waals surface area contributed by atoms with Crippen molar-refractivity contribution in [2.75, 3.05) is 5.32 Å². The topological polar surface area (TPSA) is 63.8 Å². The molecule has 1 aliphatic rings. The molecule has 1 saturated carbocycles. The number of nitrogens with two attached hydrogens (primary N) is 1. The summed E-state index contributed by atoms with van der Waals surface area (Å²) in [6.45, 7) is 0. The molecule has 0 spiro atoms. The van der Waals surface area contributed by atoms with E-state index in [-0.39, 0.29) is 12.1 Å². The average molecular weight is 277 g/mol. The minimum atomic E-state index is 0.165. The minimum Gasteiger partial charge on any atom is -0.363 e. The number of fused-ring (bicyclic) bond motifs is 1. The Kier molecular flexibility index (Phi) is 3.53. The third kappa shape index (κ3) is 2.65. The van der Waals surface area contributed by atoms with E-state index >= 15 is 0 Å². The quantitative estimate of drug-likeness (QED) is 0.885. The standard InChI is InChI=1S/C14H17ClN4/c15-13-14(18-10-6-2-1-5-9(10)16)19-12-8-4-3-7-11(12)17-13/h3-4,7-10H,1-2,5-6,16H2,(H,18,19)/t9-,10+/m1/s1. The average Bonchev–Trinajstić information content (AvgIpc) is 2.42. The van der Waals surface area contributed by atoms with E-state index < -0.39 is 0 Å². The van der Waals surface area contributed by atoms with Gasteiger partial charge < -0.3 is 11.1 Å². The Morgan fingerprint density at radius 1 is 1.11 bits per heavy atom. The van der Waals surface area contributed by atoms with Crippen LogP contribution in [0.25, 0.3) is 11.0 Å². The zero-order valence-corrected chi connectivity index (χ0v) is 11.4. The maximum Gasteiger partial charge on any atom is 0.172 e. The number of rotatable bonds is 2. The predicted octanol–water partition coefficient (Wildman–Crippen LogP) is 2.97. The van der Waals surface area contributed by atoms with Crippen LogP contribution in [0.15, 0.2) is 24.3 Å². The molecule has 0 bridgehead atoms. The molecule has 5 heteroatoms. The molecule has 100 valence electrons. The van der Waals surface area contributed by atoms with Crippen molar-refractivity contribution in [2.24, 2.45) is 5.73 Å². The van der Waals surface area contributed by atoms with Gasteiger partial charge in [0, 0.05) is 12.1 Å². The fourth-order valence-electron chi connectivity index (χ4n) is 2.58. The number of hydrogen-bond acceptors (Lipinski definition) is 4. The second-order valence-corrected chi connectivity index (χ2v) is 5.41. The highest BCUT2D eigenvalue weighted by Crippen LogP contribution is 2.25. The van der Waals surface area contributed by atoms with Crippen LogP contribution in [0.3, 0.4) is 0 Å². The summed E-state index contributed by atoms with van der Waals surface area (Å²) in [5.41, 5.74) is 7.79. The summed E-state index contributed by atoms with van der Waals surface area (Å²) < 4.78 is 0. The zero-order chi connectivity index (χ0) is 13.2. The predicted molar refractivity (Wildman–Crippen MR) is 78.4 cm³/mol. The van der Waals surface area contributed by atoms with Crippen LogP contribution >= 0.6 is 11.6 Å². The number of anilines is 1. The van der Waals surface area contributed by atoms with Crippen molar-refractivity contribution in [1.29, 1.82) is 0 Å². The van der Waals surface area contributed by atoms with Crippen LogP contribution < -0.4 is 11.1 Å². The van der Waals surface area contributed by atoms with E-state index in [1.165, 1.54) is 12.8 Å². The van der Waals surface area contributed by atoms with Crippen LogP contribution in [0.4, 0.5) is 5.82 Å². The summed E-state index contributed by atoms with van der Waals surface area (Å²) in [5.74, 6) is 0.641. The van der Waals surface area contributed by atoms with Crippen LogP contribution in [-0.4, -0.2) is 22.1 Å². The highest BCUT2D eigenvalue weighted by molar-refractivity contribution is 6.32. The number of benzene rings is 1. The molecule has 1 fully saturated rings. The normalized spacial score (nSPS) is 23.5. The third-order valence-corrected chi connectivity index (χ3v) is 3.93. The van der Waals surface area contributed by atoms with Gasteiger partial charge in [-0.3, -0.25) is 0 Å². The second-order valence-electron chi connectivity index (χ2n) is 5.05. The Morgan fingerprint density at radius 3 is 2.53 bits per heavy atom. The molecule has 3 N–H and O–H groups in total. The van der Waals surface area contributed by atoms with Crippen LogP contribution in [0.2, 0.25) is 5.15 Å². The first-order valence-electron chi connectivity index (χ1n) is 6.68. The SMILES string of the molecule is N[C@@H]1CCCC[C@@H]1Nc1nc2ccccc2nc1Cl. The van der Waals surface area contributed by atoms with Gasteiger partial charge in [-0.05, 0) is 25.0 Å². The Labute approximate surface area is 117 Å². The van der Waals surface area contributed by atoms with Crippen LogP contribution in [0, 0.1) is 0 Å².